The Balaban J connectivity index is 2.14. The molecule has 4 nitrogen and oxygen atoms in total. The predicted molar refractivity (Wildman–Crippen MR) is 83.6 cm³/mol. The van der Waals surface area contributed by atoms with Crippen molar-refractivity contribution in [2.75, 3.05) is 19.4 Å². The van der Waals surface area contributed by atoms with Gasteiger partial charge in [-0.05, 0) is 25.1 Å². The van der Waals surface area contributed by atoms with Crippen molar-refractivity contribution in [3.05, 3.63) is 44.9 Å². The van der Waals surface area contributed by atoms with Gasteiger partial charge in [-0.2, -0.15) is 0 Å². The molecule has 1 aromatic carbocycles. The maximum atomic E-state index is 11.9. The molecule has 106 valence electrons. The monoisotopic (exact) mass is 309 g/mol. The van der Waals surface area contributed by atoms with E-state index in [0.29, 0.717) is 17.1 Å². The van der Waals surface area contributed by atoms with Gasteiger partial charge in [0.05, 0.1) is 22.3 Å². The lowest BCUT2D eigenvalue weighted by Crippen LogP contribution is -2.21. The number of amides is 1. The Morgan fingerprint density at radius 3 is 2.80 bits per heavy atom. The summed E-state index contributed by atoms with van der Waals surface area (Å²) in [5.74, 6) is -0.0432. The van der Waals surface area contributed by atoms with E-state index < -0.39 is 0 Å². The van der Waals surface area contributed by atoms with Crippen molar-refractivity contribution in [2.24, 2.45) is 0 Å². The summed E-state index contributed by atoms with van der Waals surface area (Å²) in [6.45, 7) is 2.61. The number of thiazole rings is 1. The number of nitrogens with zero attached hydrogens (tertiary/aromatic N) is 2. The van der Waals surface area contributed by atoms with Crippen molar-refractivity contribution >= 4 is 34.5 Å². The van der Waals surface area contributed by atoms with Gasteiger partial charge in [-0.15, -0.1) is 11.3 Å². The topological polar surface area (TPSA) is 45.2 Å². The normalized spacial score (nSPS) is 10.4. The first-order valence-corrected chi connectivity index (χ1v) is 7.33. The first-order chi connectivity index (χ1) is 9.47. The number of halogens is 1. The molecule has 0 aliphatic heterocycles. The fourth-order valence-corrected chi connectivity index (χ4v) is 2.64. The third-order valence-corrected chi connectivity index (χ3v) is 3.98. The Labute approximate surface area is 127 Å². The van der Waals surface area contributed by atoms with Gasteiger partial charge in [0.1, 0.15) is 0 Å². The Kier molecular flexibility index (Phi) is 4.62. The molecule has 1 N–H and O–H groups in total. The van der Waals surface area contributed by atoms with E-state index in [1.807, 2.05) is 13.1 Å². The van der Waals surface area contributed by atoms with Crippen LogP contribution in [-0.4, -0.2) is 29.9 Å². The number of hydrogen-bond donors (Lipinski definition) is 1. The zero-order valence-corrected chi connectivity index (χ0v) is 13.2. The Hall–Kier alpha value is -1.59. The quantitative estimate of drug-likeness (QED) is 0.941. The van der Waals surface area contributed by atoms with E-state index in [-0.39, 0.29) is 5.91 Å². The highest BCUT2D eigenvalue weighted by atomic mass is 35.5. The van der Waals surface area contributed by atoms with Gasteiger partial charge >= 0.3 is 0 Å². The molecule has 6 heteroatoms. The molecular formula is C14H16ClN3OS. The number of anilines is 1. The lowest BCUT2D eigenvalue weighted by molar-refractivity contribution is 0.0827. The Morgan fingerprint density at radius 2 is 2.20 bits per heavy atom. The Bertz CT molecular complexity index is 625. The zero-order chi connectivity index (χ0) is 14.7. The molecule has 0 saturated heterocycles. The summed E-state index contributed by atoms with van der Waals surface area (Å²) in [4.78, 5) is 18.8. The molecule has 0 aliphatic carbocycles. The smallest absolute Gasteiger partial charge is 0.253 e. The molecule has 1 aromatic heterocycles. The molecule has 20 heavy (non-hydrogen) atoms. The lowest BCUT2D eigenvalue weighted by atomic mass is 10.2. The van der Waals surface area contributed by atoms with Crippen LogP contribution >= 0.6 is 22.9 Å². The van der Waals surface area contributed by atoms with Crippen molar-refractivity contribution in [2.45, 2.75) is 13.5 Å². The van der Waals surface area contributed by atoms with Gasteiger partial charge in [0, 0.05) is 30.7 Å². The van der Waals surface area contributed by atoms with Gasteiger partial charge < -0.3 is 10.2 Å². The van der Waals surface area contributed by atoms with Crippen LogP contribution in [0.25, 0.3) is 0 Å². The van der Waals surface area contributed by atoms with Crippen molar-refractivity contribution in [3.63, 3.8) is 0 Å². The van der Waals surface area contributed by atoms with Crippen LogP contribution in [0.3, 0.4) is 0 Å². The Morgan fingerprint density at radius 1 is 1.45 bits per heavy atom. The van der Waals surface area contributed by atoms with Gasteiger partial charge in [0.15, 0.2) is 0 Å². The summed E-state index contributed by atoms with van der Waals surface area (Å²) in [7, 11) is 3.45. The number of aromatic nitrogens is 1. The summed E-state index contributed by atoms with van der Waals surface area (Å²) in [5.41, 5.74) is 1.37. The van der Waals surface area contributed by atoms with Crippen molar-refractivity contribution in [3.8, 4) is 0 Å². The molecular weight excluding hydrogens is 294 g/mol. The third kappa shape index (κ3) is 3.49. The summed E-state index contributed by atoms with van der Waals surface area (Å²) < 4.78 is 0. The number of rotatable bonds is 4. The van der Waals surface area contributed by atoms with Crippen LogP contribution in [-0.2, 0) is 6.54 Å². The van der Waals surface area contributed by atoms with Crippen molar-refractivity contribution < 1.29 is 4.79 Å². The third-order valence-electron chi connectivity index (χ3n) is 2.74. The molecule has 0 spiro atoms. The van der Waals surface area contributed by atoms with Crippen LogP contribution in [0.4, 0.5) is 5.69 Å². The van der Waals surface area contributed by atoms with Crippen LogP contribution in [0.2, 0.25) is 5.02 Å². The van der Waals surface area contributed by atoms with Gasteiger partial charge in [-0.3, -0.25) is 4.79 Å². The second-order valence-corrected chi connectivity index (χ2v) is 6.32. The first-order valence-electron chi connectivity index (χ1n) is 6.14. The van der Waals surface area contributed by atoms with E-state index in [9.17, 15) is 4.79 Å². The van der Waals surface area contributed by atoms with E-state index in [0.717, 1.165) is 15.6 Å². The molecule has 1 amide bonds. The highest BCUT2D eigenvalue weighted by molar-refractivity contribution is 7.11. The van der Waals surface area contributed by atoms with Crippen LogP contribution in [0.1, 0.15) is 20.2 Å². The largest absolute Gasteiger partial charge is 0.379 e. The molecule has 0 aliphatic rings. The minimum Gasteiger partial charge on any atom is -0.379 e. The van der Waals surface area contributed by atoms with Gasteiger partial charge in [0.2, 0.25) is 0 Å². The molecule has 0 fully saturated rings. The highest BCUT2D eigenvalue weighted by Gasteiger charge is 2.10. The fourth-order valence-electron chi connectivity index (χ4n) is 1.72. The zero-order valence-electron chi connectivity index (χ0n) is 11.6. The van der Waals surface area contributed by atoms with Crippen LogP contribution in [0, 0.1) is 6.92 Å². The maximum Gasteiger partial charge on any atom is 0.253 e. The van der Waals surface area contributed by atoms with Crippen molar-refractivity contribution in [1.29, 1.82) is 0 Å². The number of hydrogen-bond acceptors (Lipinski definition) is 4. The maximum absolute atomic E-state index is 11.9. The summed E-state index contributed by atoms with van der Waals surface area (Å²) in [6.07, 6.45) is 1.84. The van der Waals surface area contributed by atoms with E-state index in [1.54, 1.807) is 48.5 Å². The van der Waals surface area contributed by atoms with Crippen LogP contribution in [0.15, 0.2) is 24.4 Å². The second-order valence-electron chi connectivity index (χ2n) is 4.59. The molecule has 0 bridgehead atoms. The number of benzene rings is 1. The van der Waals surface area contributed by atoms with E-state index >= 15 is 0 Å². The average molecular weight is 310 g/mol. The highest BCUT2D eigenvalue weighted by Crippen LogP contribution is 2.25. The predicted octanol–water partition coefficient (Wildman–Crippen LogP) is 3.42. The summed E-state index contributed by atoms with van der Waals surface area (Å²) in [5, 5.41) is 4.88. The fraction of sp³-hybridized carbons (Fsp3) is 0.286. The molecule has 0 unspecified atom stereocenters. The molecule has 1 heterocycles. The SMILES string of the molecule is Cc1ncc(CNc2cc(C(=O)N(C)C)ccc2Cl)s1. The van der Waals surface area contributed by atoms with E-state index in [2.05, 4.69) is 10.3 Å². The van der Waals surface area contributed by atoms with Crippen LogP contribution in [0.5, 0.6) is 0 Å². The van der Waals surface area contributed by atoms with E-state index in [4.69, 9.17) is 11.6 Å². The minimum atomic E-state index is -0.0432. The number of carbonyl (C=O) groups excluding carboxylic acids is 1. The summed E-state index contributed by atoms with van der Waals surface area (Å²) in [6, 6.07) is 5.24. The molecule has 0 saturated carbocycles. The molecule has 2 aromatic rings. The number of nitrogens with one attached hydrogen (secondary N) is 1. The van der Waals surface area contributed by atoms with Crippen LogP contribution < -0.4 is 5.32 Å². The number of carbonyl (C=O) groups is 1. The van der Waals surface area contributed by atoms with Gasteiger partial charge in [0.25, 0.3) is 5.91 Å². The summed E-state index contributed by atoms with van der Waals surface area (Å²) >= 11 is 7.79. The lowest BCUT2D eigenvalue weighted by Gasteiger charge is -2.13. The molecule has 2 rings (SSSR count). The molecule has 0 radical (unpaired) electrons. The van der Waals surface area contributed by atoms with Gasteiger partial charge in [-0.1, -0.05) is 11.6 Å². The standard InChI is InChI=1S/C14H16ClN3OS/c1-9-16-7-11(20-9)8-17-13-6-10(4-5-12(13)15)14(19)18(2)3/h4-7,17H,8H2,1-3H3. The average Bonchev–Trinajstić information content (AvgIpc) is 2.82. The van der Waals surface area contributed by atoms with Crippen molar-refractivity contribution in [1.82, 2.24) is 9.88 Å². The van der Waals surface area contributed by atoms with E-state index in [1.165, 1.54) is 0 Å². The minimum absolute atomic E-state index is 0.0432. The second kappa shape index (κ2) is 6.24. The number of aryl methyl sites for hydroxylation is 1. The van der Waals surface area contributed by atoms with Gasteiger partial charge in [-0.25, -0.2) is 4.98 Å². The first kappa shape index (κ1) is 14.8. The molecule has 0 atom stereocenters.